The van der Waals surface area contributed by atoms with Gasteiger partial charge in [0.25, 0.3) is 0 Å². The molecule has 0 bridgehead atoms. The van der Waals surface area contributed by atoms with Crippen LogP contribution in [0.5, 0.6) is 0 Å². The van der Waals surface area contributed by atoms with Crippen molar-refractivity contribution >= 4 is 23.2 Å². The third kappa shape index (κ3) is 3.56. The monoisotopic (exact) mass is 351 g/mol. The molecule has 4 rings (SSSR count). The van der Waals surface area contributed by atoms with E-state index in [1.165, 1.54) is 11.1 Å². The molecule has 0 radical (unpaired) electrons. The summed E-state index contributed by atoms with van der Waals surface area (Å²) < 4.78 is 0. The first-order valence-electron chi connectivity index (χ1n) is 8.28. The van der Waals surface area contributed by atoms with Gasteiger partial charge in [0.1, 0.15) is 11.6 Å². The number of aromatic nitrogens is 3. The molecular weight excluding hydrogens is 334 g/mol. The van der Waals surface area contributed by atoms with E-state index in [4.69, 9.17) is 11.6 Å². The number of rotatable bonds is 4. The summed E-state index contributed by atoms with van der Waals surface area (Å²) in [6.45, 7) is 2.50. The van der Waals surface area contributed by atoms with E-state index in [1.54, 1.807) is 6.07 Å². The number of fused-ring (bicyclic) bond motifs is 1. The Morgan fingerprint density at radius 2 is 1.88 bits per heavy atom. The predicted octanol–water partition coefficient (Wildman–Crippen LogP) is 3.70. The Hall–Kier alpha value is -2.66. The first-order valence-corrected chi connectivity index (χ1v) is 8.66. The zero-order valence-electron chi connectivity index (χ0n) is 13.7. The van der Waals surface area contributed by atoms with Crippen LogP contribution in [0.25, 0.3) is 0 Å². The molecule has 6 heteroatoms. The smallest absolute Gasteiger partial charge is 0.151 e. The van der Waals surface area contributed by atoms with Crippen LogP contribution < -0.4 is 10.2 Å². The maximum absolute atomic E-state index is 5.78. The molecule has 2 aromatic heterocycles. The fourth-order valence-electron chi connectivity index (χ4n) is 3.13. The quantitative estimate of drug-likeness (QED) is 0.776. The number of anilines is 2. The van der Waals surface area contributed by atoms with E-state index in [1.807, 2.05) is 18.3 Å². The van der Waals surface area contributed by atoms with Gasteiger partial charge in [-0.1, -0.05) is 41.9 Å². The van der Waals surface area contributed by atoms with Gasteiger partial charge in [0.2, 0.25) is 0 Å². The molecule has 1 aliphatic rings. The Morgan fingerprint density at radius 3 is 2.72 bits per heavy atom. The van der Waals surface area contributed by atoms with Gasteiger partial charge in [-0.15, -0.1) is 10.2 Å². The molecular formula is C19H18ClN5. The van der Waals surface area contributed by atoms with Crippen molar-refractivity contribution in [2.75, 3.05) is 16.8 Å². The Kier molecular flexibility index (Phi) is 4.48. The van der Waals surface area contributed by atoms with Crippen LogP contribution >= 0.6 is 11.6 Å². The molecule has 126 valence electrons. The number of pyridine rings is 1. The van der Waals surface area contributed by atoms with E-state index in [0.29, 0.717) is 17.5 Å². The van der Waals surface area contributed by atoms with Crippen LogP contribution in [0.4, 0.5) is 11.6 Å². The molecule has 1 N–H and O–H groups in total. The molecule has 1 aromatic carbocycles. The van der Waals surface area contributed by atoms with Gasteiger partial charge in [-0.2, -0.15) is 0 Å². The van der Waals surface area contributed by atoms with Crippen LogP contribution in [-0.2, 0) is 19.5 Å². The molecule has 1 aliphatic heterocycles. The second-order valence-corrected chi connectivity index (χ2v) is 6.41. The maximum Gasteiger partial charge on any atom is 0.151 e. The molecule has 25 heavy (non-hydrogen) atoms. The SMILES string of the molecule is Clc1ccc(NCc2cccnc2N2CCc3ccccc3C2)nn1. The lowest BCUT2D eigenvalue weighted by Gasteiger charge is -2.31. The summed E-state index contributed by atoms with van der Waals surface area (Å²) in [7, 11) is 0. The van der Waals surface area contributed by atoms with E-state index >= 15 is 0 Å². The van der Waals surface area contributed by atoms with Gasteiger partial charge in [0.05, 0.1) is 0 Å². The first kappa shape index (κ1) is 15.8. The van der Waals surface area contributed by atoms with Gasteiger partial charge in [-0.3, -0.25) is 0 Å². The Bertz CT molecular complexity index is 866. The number of nitrogens with zero attached hydrogens (tertiary/aromatic N) is 4. The number of hydrogen-bond acceptors (Lipinski definition) is 5. The minimum Gasteiger partial charge on any atom is -0.364 e. The van der Waals surface area contributed by atoms with Crippen LogP contribution in [0.2, 0.25) is 5.15 Å². The van der Waals surface area contributed by atoms with Crippen LogP contribution in [-0.4, -0.2) is 21.7 Å². The molecule has 0 aliphatic carbocycles. The second kappa shape index (κ2) is 7.07. The van der Waals surface area contributed by atoms with Crippen LogP contribution in [0.3, 0.4) is 0 Å². The highest BCUT2D eigenvalue weighted by Gasteiger charge is 2.19. The van der Waals surface area contributed by atoms with Crippen molar-refractivity contribution in [3.63, 3.8) is 0 Å². The van der Waals surface area contributed by atoms with E-state index in [9.17, 15) is 0 Å². The van der Waals surface area contributed by atoms with Crippen molar-refractivity contribution in [3.8, 4) is 0 Å². The van der Waals surface area contributed by atoms with Gasteiger partial charge >= 0.3 is 0 Å². The second-order valence-electron chi connectivity index (χ2n) is 6.02. The van der Waals surface area contributed by atoms with Crippen molar-refractivity contribution in [2.45, 2.75) is 19.5 Å². The summed E-state index contributed by atoms with van der Waals surface area (Å²) in [5, 5.41) is 11.6. The van der Waals surface area contributed by atoms with E-state index in [2.05, 4.69) is 55.7 Å². The van der Waals surface area contributed by atoms with Crippen molar-refractivity contribution in [3.05, 3.63) is 76.6 Å². The fourth-order valence-corrected chi connectivity index (χ4v) is 3.23. The molecule has 0 unspecified atom stereocenters. The average molecular weight is 352 g/mol. The number of halogens is 1. The van der Waals surface area contributed by atoms with E-state index in [0.717, 1.165) is 30.9 Å². The van der Waals surface area contributed by atoms with Crippen LogP contribution in [0.15, 0.2) is 54.7 Å². The Labute approximate surface area is 151 Å². The van der Waals surface area contributed by atoms with Gasteiger partial charge < -0.3 is 10.2 Å². The largest absolute Gasteiger partial charge is 0.364 e. The minimum absolute atomic E-state index is 0.389. The van der Waals surface area contributed by atoms with Crippen molar-refractivity contribution < 1.29 is 0 Å². The lowest BCUT2D eigenvalue weighted by Crippen LogP contribution is -2.32. The zero-order chi connectivity index (χ0) is 17.1. The molecule has 0 fully saturated rings. The molecule has 0 atom stereocenters. The number of hydrogen-bond donors (Lipinski definition) is 1. The van der Waals surface area contributed by atoms with Gasteiger partial charge in [0, 0.05) is 31.4 Å². The fraction of sp³-hybridized carbons (Fsp3) is 0.211. The van der Waals surface area contributed by atoms with Crippen LogP contribution in [0, 0.1) is 0 Å². The highest BCUT2D eigenvalue weighted by Crippen LogP contribution is 2.26. The Balaban J connectivity index is 1.52. The normalized spacial score (nSPS) is 13.4. The molecule has 0 saturated carbocycles. The first-order chi connectivity index (χ1) is 12.3. The number of benzene rings is 1. The zero-order valence-corrected chi connectivity index (χ0v) is 14.4. The third-order valence-corrected chi connectivity index (χ3v) is 4.59. The van der Waals surface area contributed by atoms with Crippen molar-refractivity contribution in [1.82, 2.24) is 15.2 Å². The highest BCUT2D eigenvalue weighted by molar-refractivity contribution is 6.29. The van der Waals surface area contributed by atoms with Gasteiger partial charge in [-0.05, 0) is 35.7 Å². The Morgan fingerprint density at radius 1 is 1.00 bits per heavy atom. The molecule has 3 aromatic rings. The summed E-state index contributed by atoms with van der Waals surface area (Å²) in [5.41, 5.74) is 3.95. The summed E-state index contributed by atoms with van der Waals surface area (Å²) in [5.74, 6) is 1.72. The molecule has 5 nitrogen and oxygen atoms in total. The maximum atomic E-state index is 5.78. The molecule has 0 spiro atoms. The van der Waals surface area contributed by atoms with Gasteiger partial charge in [-0.25, -0.2) is 4.98 Å². The van der Waals surface area contributed by atoms with Gasteiger partial charge in [0.15, 0.2) is 5.15 Å². The molecule has 0 amide bonds. The average Bonchev–Trinajstić information content (AvgIpc) is 2.67. The summed E-state index contributed by atoms with van der Waals surface area (Å²) in [4.78, 5) is 6.97. The molecule has 3 heterocycles. The summed E-state index contributed by atoms with van der Waals surface area (Å²) >= 11 is 5.78. The van der Waals surface area contributed by atoms with Crippen molar-refractivity contribution in [2.24, 2.45) is 0 Å². The predicted molar refractivity (Wildman–Crippen MR) is 99.8 cm³/mol. The van der Waals surface area contributed by atoms with Crippen molar-refractivity contribution in [1.29, 1.82) is 0 Å². The lowest BCUT2D eigenvalue weighted by atomic mass is 9.99. The minimum atomic E-state index is 0.389. The standard InChI is InChI=1S/C19H18ClN5/c20-17-7-8-18(24-23-17)22-12-15-6-3-10-21-19(15)25-11-9-14-4-1-2-5-16(14)13-25/h1-8,10H,9,11-13H2,(H,22,24). The molecule has 0 saturated heterocycles. The van der Waals surface area contributed by atoms with Crippen LogP contribution in [0.1, 0.15) is 16.7 Å². The third-order valence-electron chi connectivity index (χ3n) is 4.39. The topological polar surface area (TPSA) is 53.9 Å². The summed E-state index contributed by atoms with van der Waals surface area (Å²) in [6.07, 6.45) is 2.89. The summed E-state index contributed by atoms with van der Waals surface area (Å²) in [6, 6.07) is 16.2. The highest BCUT2D eigenvalue weighted by atomic mass is 35.5. The number of nitrogens with one attached hydrogen (secondary N) is 1. The van der Waals surface area contributed by atoms with E-state index in [-0.39, 0.29) is 0 Å². The van der Waals surface area contributed by atoms with E-state index < -0.39 is 0 Å². The lowest BCUT2D eigenvalue weighted by molar-refractivity contribution is 0.716.